The summed E-state index contributed by atoms with van der Waals surface area (Å²) in [5.74, 6) is 3.11. The van der Waals surface area contributed by atoms with Crippen LogP contribution in [0.1, 0.15) is 24.0 Å². The van der Waals surface area contributed by atoms with Crippen LogP contribution in [0.2, 0.25) is 0 Å². The second kappa shape index (κ2) is 5.99. The maximum Gasteiger partial charge on any atom is 0.226 e. The number of sulfone groups is 1. The molecule has 0 aliphatic carbocycles. The summed E-state index contributed by atoms with van der Waals surface area (Å²) >= 11 is 1.47. The average molecular weight is 343 g/mol. The van der Waals surface area contributed by atoms with E-state index < -0.39 is 9.84 Å². The van der Waals surface area contributed by atoms with Gasteiger partial charge in [0.1, 0.15) is 5.82 Å². The van der Waals surface area contributed by atoms with Gasteiger partial charge in [-0.2, -0.15) is 0 Å². The summed E-state index contributed by atoms with van der Waals surface area (Å²) in [5.41, 5.74) is 0. The van der Waals surface area contributed by atoms with E-state index in [-0.39, 0.29) is 17.4 Å². The Bertz CT molecular complexity index is 768. The maximum absolute atomic E-state index is 11.5. The second-order valence-corrected chi connectivity index (χ2v) is 8.61. The fourth-order valence-corrected chi connectivity index (χ4v) is 5.09. The van der Waals surface area contributed by atoms with Crippen molar-refractivity contribution < 1.29 is 12.8 Å². The van der Waals surface area contributed by atoms with Gasteiger partial charge in [0.25, 0.3) is 0 Å². The van der Waals surface area contributed by atoms with Crippen molar-refractivity contribution in [3.63, 3.8) is 0 Å². The van der Waals surface area contributed by atoms with Gasteiger partial charge in [0.2, 0.25) is 11.8 Å². The molecule has 1 atom stereocenters. The van der Waals surface area contributed by atoms with Crippen LogP contribution < -0.4 is 0 Å². The van der Waals surface area contributed by atoms with E-state index >= 15 is 0 Å². The van der Waals surface area contributed by atoms with Gasteiger partial charge in [0, 0.05) is 20.4 Å². The van der Waals surface area contributed by atoms with Gasteiger partial charge >= 0.3 is 0 Å². The van der Waals surface area contributed by atoms with E-state index in [1.807, 2.05) is 11.6 Å². The van der Waals surface area contributed by atoms with Crippen LogP contribution in [-0.2, 0) is 29.1 Å². The number of aromatic nitrogens is 5. The fraction of sp³-hybridized carbons (Fsp3) is 0.667. The largest absolute Gasteiger partial charge is 0.425 e. The number of nitrogens with zero attached hydrogens (tertiary/aromatic N) is 5. The van der Waals surface area contributed by atoms with Gasteiger partial charge < -0.3 is 8.98 Å². The predicted molar refractivity (Wildman–Crippen MR) is 80.1 cm³/mol. The molecule has 0 unspecified atom stereocenters. The fourth-order valence-electron chi connectivity index (χ4n) is 2.46. The standard InChI is InChI=1S/C12H17N5O3S2/c1-8-13-15-11(20-8)6-21-12-16-14-10(17(12)2)5-9-3-4-22(18,19)7-9/h9H,3-7H2,1-2H3/t9-/m0/s1. The minimum atomic E-state index is -2.86. The van der Waals surface area contributed by atoms with Gasteiger partial charge in [0.15, 0.2) is 15.0 Å². The van der Waals surface area contributed by atoms with Crippen LogP contribution in [0.25, 0.3) is 0 Å². The summed E-state index contributed by atoms with van der Waals surface area (Å²) in [6.45, 7) is 1.75. The van der Waals surface area contributed by atoms with Crippen molar-refractivity contribution in [2.24, 2.45) is 13.0 Å². The molecular formula is C12H17N5O3S2. The SMILES string of the molecule is Cc1nnc(CSc2nnc(C[C@@H]3CCS(=O)(=O)C3)n2C)o1. The summed E-state index contributed by atoms with van der Waals surface area (Å²) in [4.78, 5) is 0. The van der Waals surface area contributed by atoms with Crippen molar-refractivity contribution in [3.05, 3.63) is 17.6 Å². The van der Waals surface area contributed by atoms with Crippen LogP contribution in [-0.4, -0.2) is 44.9 Å². The molecule has 10 heteroatoms. The van der Waals surface area contributed by atoms with Gasteiger partial charge in [0.05, 0.1) is 17.3 Å². The maximum atomic E-state index is 11.5. The lowest BCUT2D eigenvalue weighted by molar-refractivity contribution is 0.485. The molecule has 0 aromatic carbocycles. The molecule has 1 saturated heterocycles. The van der Waals surface area contributed by atoms with Crippen molar-refractivity contribution in [2.75, 3.05) is 11.5 Å². The Hall–Kier alpha value is -1.42. The van der Waals surface area contributed by atoms with E-state index in [1.54, 1.807) is 6.92 Å². The molecule has 3 rings (SSSR count). The third-order valence-electron chi connectivity index (χ3n) is 3.62. The topological polar surface area (TPSA) is 104 Å². The predicted octanol–water partition coefficient (Wildman–Crippen LogP) is 0.776. The Morgan fingerprint density at radius 3 is 2.77 bits per heavy atom. The highest BCUT2D eigenvalue weighted by Gasteiger charge is 2.29. The molecule has 1 aliphatic heterocycles. The highest BCUT2D eigenvalue weighted by atomic mass is 32.2. The van der Waals surface area contributed by atoms with Crippen molar-refractivity contribution in [2.45, 2.75) is 30.7 Å². The normalized spacial score (nSPS) is 20.5. The highest BCUT2D eigenvalue weighted by molar-refractivity contribution is 7.98. The third-order valence-corrected chi connectivity index (χ3v) is 6.46. The number of aryl methyl sites for hydroxylation is 1. The molecule has 0 N–H and O–H groups in total. The minimum Gasteiger partial charge on any atom is -0.425 e. The van der Waals surface area contributed by atoms with Crippen LogP contribution in [0.4, 0.5) is 0 Å². The Balaban J connectivity index is 1.62. The van der Waals surface area contributed by atoms with Crippen LogP contribution in [0, 0.1) is 12.8 Å². The van der Waals surface area contributed by atoms with Crippen LogP contribution in [0.3, 0.4) is 0 Å². The average Bonchev–Trinajstić information content (AvgIpc) is 3.11. The highest BCUT2D eigenvalue weighted by Crippen LogP contribution is 2.25. The Morgan fingerprint density at radius 2 is 2.14 bits per heavy atom. The molecule has 2 aromatic rings. The molecule has 0 saturated carbocycles. The molecule has 3 heterocycles. The van der Waals surface area contributed by atoms with E-state index in [0.717, 1.165) is 11.0 Å². The minimum absolute atomic E-state index is 0.143. The first-order valence-corrected chi connectivity index (χ1v) is 9.74. The molecule has 2 aromatic heterocycles. The van der Waals surface area contributed by atoms with Gasteiger partial charge in [-0.1, -0.05) is 11.8 Å². The second-order valence-electron chi connectivity index (χ2n) is 5.43. The summed E-state index contributed by atoms with van der Waals surface area (Å²) < 4.78 is 30.2. The zero-order valence-corrected chi connectivity index (χ0v) is 14.0. The van der Waals surface area contributed by atoms with Crippen LogP contribution in [0.5, 0.6) is 0 Å². The smallest absolute Gasteiger partial charge is 0.226 e. The van der Waals surface area contributed by atoms with Gasteiger partial charge in [-0.25, -0.2) is 8.42 Å². The lowest BCUT2D eigenvalue weighted by atomic mass is 10.1. The quantitative estimate of drug-likeness (QED) is 0.734. The lowest BCUT2D eigenvalue weighted by Crippen LogP contribution is -2.11. The zero-order valence-electron chi connectivity index (χ0n) is 12.4. The Labute approximate surface area is 132 Å². The van der Waals surface area contributed by atoms with Crippen LogP contribution in [0.15, 0.2) is 9.57 Å². The number of rotatable bonds is 5. The number of thioether (sulfide) groups is 1. The molecule has 120 valence electrons. The first-order valence-electron chi connectivity index (χ1n) is 6.93. The van der Waals surface area contributed by atoms with Gasteiger partial charge in [-0.15, -0.1) is 20.4 Å². The molecule has 8 nitrogen and oxygen atoms in total. The number of hydrogen-bond acceptors (Lipinski definition) is 8. The molecule has 0 spiro atoms. The van der Waals surface area contributed by atoms with Crippen molar-refractivity contribution in [1.82, 2.24) is 25.0 Å². The first-order chi connectivity index (χ1) is 10.4. The summed E-state index contributed by atoms with van der Waals surface area (Å²) in [5, 5.41) is 16.8. The molecule has 1 fully saturated rings. The van der Waals surface area contributed by atoms with E-state index in [9.17, 15) is 8.42 Å². The monoisotopic (exact) mass is 343 g/mol. The molecule has 0 radical (unpaired) electrons. The van der Waals surface area contributed by atoms with E-state index in [0.29, 0.717) is 30.4 Å². The third kappa shape index (κ3) is 3.49. The van der Waals surface area contributed by atoms with Crippen molar-refractivity contribution in [1.29, 1.82) is 0 Å². The van der Waals surface area contributed by atoms with Crippen molar-refractivity contribution >= 4 is 21.6 Å². The van der Waals surface area contributed by atoms with Gasteiger partial charge in [-0.3, -0.25) is 0 Å². The summed E-state index contributed by atoms with van der Waals surface area (Å²) in [7, 11) is -0.967. The van der Waals surface area contributed by atoms with E-state index in [4.69, 9.17) is 4.42 Å². The molecule has 1 aliphatic rings. The molecule has 22 heavy (non-hydrogen) atoms. The number of hydrogen-bond donors (Lipinski definition) is 0. The molecular weight excluding hydrogens is 326 g/mol. The van der Waals surface area contributed by atoms with Crippen molar-refractivity contribution in [3.8, 4) is 0 Å². The Kier molecular flexibility index (Phi) is 4.22. The van der Waals surface area contributed by atoms with Gasteiger partial charge in [-0.05, 0) is 12.3 Å². The Morgan fingerprint density at radius 1 is 1.32 bits per heavy atom. The first kappa shape index (κ1) is 15.5. The summed E-state index contributed by atoms with van der Waals surface area (Å²) in [6.07, 6.45) is 1.35. The zero-order chi connectivity index (χ0) is 15.7. The molecule has 0 amide bonds. The van der Waals surface area contributed by atoms with E-state index in [2.05, 4.69) is 20.4 Å². The van der Waals surface area contributed by atoms with Crippen LogP contribution >= 0.6 is 11.8 Å². The molecule has 0 bridgehead atoms. The summed E-state index contributed by atoms with van der Waals surface area (Å²) in [6, 6.07) is 0. The van der Waals surface area contributed by atoms with E-state index in [1.165, 1.54) is 11.8 Å². The lowest BCUT2D eigenvalue weighted by Gasteiger charge is -2.07.